The molecule has 0 saturated carbocycles. The van der Waals surface area contributed by atoms with Crippen molar-refractivity contribution in [2.24, 2.45) is 5.41 Å². The fourth-order valence-corrected chi connectivity index (χ4v) is 7.11. The van der Waals surface area contributed by atoms with Crippen molar-refractivity contribution in [3.63, 3.8) is 0 Å². The normalized spacial score (nSPS) is 12.4. The molecule has 220 valence electrons. The van der Waals surface area contributed by atoms with Crippen LogP contribution in [0.15, 0.2) is 58.7 Å². The van der Waals surface area contributed by atoms with Gasteiger partial charge in [0.2, 0.25) is 5.16 Å². The van der Waals surface area contributed by atoms with E-state index >= 15 is 0 Å². The summed E-state index contributed by atoms with van der Waals surface area (Å²) in [4.78, 5) is 20.1. The monoisotopic (exact) mass is 609 g/mol. The van der Waals surface area contributed by atoms with Gasteiger partial charge in [0.1, 0.15) is 23.9 Å². The van der Waals surface area contributed by atoms with Gasteiger partial charge in [0.15, 0.2) is 0 Å². The van der Waals surface area contributed by atoms with Crippen LogP contribution in [0.3, 0.4) is 0 Å². The Labute approximate surface area is 260 Å². The molecular weight excluding hydrogens is 577 g/mol. The van der Waals surface area contributed by atoms with Crippen molar-refractivity contribution in [2.45, 2.75) is 43.5 Å². The number of imidazole rings is 1. The van der Waals surface area contributed by atoms with Crippen molar-refractivity contribution >= 4 is 37.8 Å². The zero-order valence-electron chi connectivity index (χ0n) is 25.5. The van der Waals surface area contributed by atoms with E-state index in [0.29, 0.717) is 34.0 Å². The molecule has 11 nitrogen and oxygen atoms in total. The van der Waals surface area contributed by atoms with Crippen molar-refractivity contribution in [1.29, 1.82) is 0 Å². The number of pyridine rings is 1. The molecule has 2 aromatic heterocycles. The molecule has 0 bridgehead atoms. The van der Waals surface area contributed by atoms with Crippen LogP contribution in [0.4, 0.5) is 0 Å². The first-order valence-corrected chi connectivity index (χ1v) is 15.2. The zero-order chi connectivity index (χ0) is 30.1. The van der Waals surface area contributed by atoms with E-state index in [-0.39, 0.29) is 48.2 Å². The van der Waals surface area contributed by atoms with Crippen LogP contribution in [0.25, 0.3) is 11.0 Å². The fraction of sp³-hybridized carbons (Fsp3) is 0.321. The maximum atomic E-state index is 14.0. The minimum atomic E-state index is -4.29. The molecule has 14 heteroatoms. The van der Waals surface area contributed by atoms with Gasteiger partial charge < -0.3 is 20.7 Å². The van der Waals surface area contributed by atoms with Crippen molar-refractivity contribution < 1.29 is 57.0 Å². The van der Waals surface area contributed by atoms with E-state index in [0.717, 1.165) is 9.54 Å². The van der Waals surface area contributed by atoms with Gasteiger partial charge in [-0.25, -0.2) is 17.4 Å². The third-order valence-corrected chi connectivity index (χ3v) is 9.60. The molecule has 4 aromatic rings. The molecule has 1 N–H and O–H groups in total. The van der Waals surface area contributed by atoms with E-state index in [1.54, 1.807) is 38.4 Å². The summed E-state index contributed by atoms with van der Waals surface area (Å²) in [5, 5.41) is 9.13. The molecule has 0 saturated heterocycles. The summed E-state index contributed by atoms with van der Waals surface area (Å²) in [6.45, 7) is 6.60. The summed E-state index contributed by atoms with van der Waals surface area (Å²) in [5.74, 6) is 0.271. The summed E-state index contributed by atoms with van der Waals surface area (Å²) >= 11 is 0. The largest absolute Gasteiger partial charge is 1.00 e. The quantitative estimate of drug-likeness (QED) is 0.246. The van der Waals surface area contributed by atoms with Crippen LogP contribution >= 0.6 is 0 Å². The minimum absolute atomic E-state index is 0. The minimum Gasteiger partial charge on any atom is -1.00 e. The van der Waals surface area contributed by atoms with Crippen LogP contribution in [0.1, 0.15) is 32.1 Å². The predicted octanol–water partition coefficient (Wildman–Crippen LogP) is 1.22. The molecule has 1 unspecified atom stereocenters. The summed E-state index contributed by atoms with van der Waals surface area (Å²) in [7, 11) is -3.19. The van der Waals surface area contributed by atoms with E-state index in [1.807, 2.05) is 6.92 Å². The molecule has 4 rings (SSSR count). The molecular formula is C28H32LiN3O8S2. The van der Waals surface area contributed by atoms with Crippen molar-refractivity contribution in [3.05, 3.63) is 65.5 Å². The Balaban J connectivity index is 0.00000323. The van der Waals surface area contributed by atoms with Crippen LogP contribution in [-0.4, -0.2) is 58.5 Å². The molecule has 2 heterocycles. The molecule has 0 aliphatic heterocycles. The second kappa shape index (κ2) is 12.9. The molecule has 0 spiro atoms. The number of aryl methyl sites for hydroxylation is 1. The van der Waals surface area contributed by atoms with E-state index in [9.17, 15) is 22.5 Å². The number of carbonyl (C=O) groups is 1. The predicted molar refractivity (Wildman–Crippen MR) is 154 cm³/mol. The number of benzene rings is 2. The Morgan fingerprint density at radius 3 is 2.31 bits per heavy atom. The molecule has 0 aliphatic rings. The molecule has 0 aliphatic carbocycles. The first-order chi connectivity index (χ1) is 19.3. The van der Waals surface area contributed by atoms with Gasteiger partial charge >= 0.3 is 24.8 Å². The third-order valence-electron chi connectivity index (χ3n) is 6.55. The number of aromatic nitrogens is 3. The Hall–Kier alpha value is -3.37. The van der Waals surface area contributed by atoms with Gasteiger partial charge in [-0.15, -0.1) is 0 Å². The van der Waals surface area contributed by atoms with Gasteiger partial charge in [0.25, 0.3) is 10.0 Å². The number of rotatable bonds is 11. The average molecular weight is 610 g/mol. The number of hydrogen-bond acceptors (Lipinski definition) is 9. The summed E-state index contributed by atoms with van der Waals surface area (Å²) in [6, 6.07) is 10.3. The molecule has 42 heavy (non-hydrogen) atoms. The first kappa shape index (κ1) is 33.1. The van der Waals surface area contributed by atoms with Crippen molar-refractivity contribution in [1.82, 2.24) is 13.9 Å². The number of aliphatic carboxylic acids is 1. The number of hydrogen-bond donors (Lipinski definition) is 1. The van der Waals surface area contributed by atoms with E-state index in [1.165, 1.54) is 45.2 Å². The molecule has 0 fully saturated rings. The number of methoxy groups -OCH3 is 2. The summed E-state index contributed by atoms with van der Waals surface area (Å²) < 4.78 is 59.0. The van der Waals surface area contributed by atoms with E-state index < -0.39 is 32.2 Å². The smallest absolute Gasteiger partial charge is 1.00 e. The van der Waals surface area contributed by atoms with Crippen LogP contribution < -0.4 is 33.1 Å². The Bertz CT molecular complexity index is 1760. The number of fused-ring (bicyclic) bond motifs is 1. The average Bonchev–Trinajstić information content (AvgIpc) is 3.34. The van der Waals surface area contributed by atoms with E-state index in [4.69, 9.17) is 14.2 Å². The van der Waals surface area contributed by atoms with Gasteiger partial charge in [-0.05, 0) is 64.1 Å². The van der Waals surface area contributed by atoms with Gasteiger partial charge in [0.05, 0.1) is 57.8 Å². The van der Waals surface area contributed by atoms with Gasteiger partial charge in [-0.3, -0.25) is 14.0 Å². The fourth-order valence-electron chi connectivity index (χ4n) is 4.06. The van der Waals surface area contributed by atoms with E-state index in [2.05, 4.69) is 9.97 Å². The Morgan fingerprint density at radius 2 is 1.71 bits per heavy atom. The second-order valence-corrected chi connectivity index (χ2v) is 13.1. The molecule has 0 amide bonds. The molecule has 2 aromatic carbocycles. The zero-order valence-corrected chi connectivity index (χ0v) is 26.1. The summed E-state index contributed by atoms with van der Waals surface area (Å²) in [5.41, 5.74) is 1.40. The van der Waals surface area contributed by atoms with Crippen LogP contribution in [0.2, 0.25) is 0 Å². The van der Waals surface area contributed by atoms with Crippen LogP contribution in [0, 0.1) is 19.3 Å². The number of ether oxygens (including phenoxy) is 3. The second-order valence-electron chi connectivity index (χ2n) is 10.0. The summed E-state index contributed by atoms with van der Waals surface area (Å²) in [6.07, 6.45) is 1.62. The number of carboxylic acid groups (broad SMARTS) is 1. The van der Waals surface area contributed by atoms with Crippen LogP contribution in [0.5, 0.6) is 17.2 Å². The van der Waals surface area contributed by atoms with Crippen LogP contribution in [-0.2, 0) is 31.4 Å². The van der Waals surface area contributed by atoms with Gasteiger partial charge in [-0.1, -0.05) is 0 Å². The Morgan fingerprint density at radius 1 is 1.07 bits per heavy atom. The topological polar surface area (TPSA) is 147 Å². The SMILES string of the molecule is COc1ccc2c(c1)nc(S(=O)Cc1ncc(C)c(OC)c1C)n2S(=O)(=O)c1ccc(OCC(C)(C)C(=O)O)cc1.[H-].[Li+]. The maximum Gasteiger partial charge on any atom is 1.00 e. The number of nitrogens with zero attached hydrogens (tertiary/aromatic N) is 3. The Kier molecular flexibility index (Phi) is 10.2. The van der Waals surface area contributed by atoms with Crippen molar-refractivity contribution in [3.8, 4) is 17.2 Å². The van der Waals surface area contributed by atoms with Crippen molar-refractivity contribution in [2.75, 3.05) is 20.8 Å². The molecule has 0 radical (unpaired) electrons. The number of carboxylic acids is 1. The standard InChI is InChI=1S/C28H31N3O8S2.Li.H/c1-17-14-29-23(18(2)25(17)38-6)15-40(34)27-30-22-13-20(37-5)9-12-24(22)31(27)41(35,36)21-10-7-19(8-11-21)39-16-28(3,4)26(32)33;;/h7-14H,15-16H2,1-6H3,(H,32,33);;/q;+1;-1. The third kappa shape index (κ3) is 6.49. The first-order valence-electron chi connectivity index (χ1n) is 12.5. The molecule has 1 atom stereocenters. The van der Waals surface area contributed by atoms with Gasteiger partial charge in [-0.2, -0.15) is 0 Å². The maximum absolute atomic E-state index is 14.0. The van der Waals surface area contributed by atoms with Gasteiger partial charge in [0, 0.05) is 23.4 Å².